The molecule has 0 aliphatic heterocycles. The van der Waals surface area contributed by atoms with Gasteiger partial charge >= 0.3 is 0 Å². The molecular formula is C17H26N2. The van der Waals surface area contributed by atoms with E-state index in [-0.39, 0.29) is 0 Å². The van der Waals surface area contributed by atoms with E-state index >= 15 is 0 Å². The van der Waals surface area contributed by atoms with Crippen molar-refractivity contribution in [3.8, 4) is 0 Å². The van der Waals surface area contributed by atoms with Crippen molar-refractivity contribution in [1.29, 1.82) is 0 Å². The molecule has 0 radical (unpaired) electrons. The second-order valence-corrected chi connectivity index (χ2v) is 6.79. The van der Waals surface area contributed by atoms with Gasteiger partial charge in [-0.1, -0.05) is 12.1 Å². The summed E-state index contributed by atoms with van der Waals surface area (Å²) in [5.41, 5.74) is 8.25. The fourth-order valence-corrected chi connectivity index (χ4v) is 4.50. The van der Waals surface area contributed by atoms with E-state index in [0.29, 0.717) is 0 Å². The summed E-state index contributed by atoms with van der Waals surface area (Å²) in [5, 5.41) is 0. The van der Waals surface area contributed by atoms with Crippen molar-refractivity contribution < 1.29 is 0 Å². The van der Waals surface area contributed by atoms with E-state index in [4.69, 9.17) is 5.73 Å². The highest BCUT2D eigenvalue weighted by atomic mass is 15.1. The lowest BCUT2D eigenvalue weighted by atomic mass is 9.57. The van der Waals surface area contributed by atoms with Gasteiger partial charge in [-0.05, 0) is 81.1 Å². The van der Waals surface area contributed by atoms with Gasteiger partial charge in [0.2, 0.25) is 0 Å². The lowest BCUT2D eigenvalue weighted by Crippen LogP contribution is -2.43. The van der Waals surface area contributed by atoms with Crippen LogP contribution in [-0.2, 0) is 0 Å². The van der Waals surface area contributed by atoms with Gasteiger partial charge in [0, 0.05) is 12.2 Å². The molecule has 3 aliphatic carbocycles. The van der Waals surface area contributed by atoms with E-state index < -0.39 is 0 Å². The molecule has 0 saturated heterocycles. The lowest BCUT2D eigenvalue weighted by Gasteiger charge is -2.50. The molecule has 3 aliphatic rings. The van der Waals surface area contributed by atoms with Crippen LogP contribution in [0.25, 0.3) is 0 Å². The third kappa shape index (κ3) is 2.51. The summed E-state index contributed by atoms with van der Waals surface area (Å²) in [7, 11) is 4.42. The molecule has 4 rings (SSSR count). The van der Waals surface area contributed by atoms with E-state index in [1.54, 1.807) is 0 Å². The first-order chi connectivity index (χ1) is 9.15. The maximum absolute atomic E-state index is 5.84. The van der Waals surface area contributed by atoms with Crippen LogP contribution in [0, 0.1) is 17.8 Å². The molecule has 0 amide bonds. The molecular weight excluding hydrogens is 232 g/mol. The molecule has 0 unspecified atom stereocenters. The Hall–Kier alpha value is -1.02. The van der Waals surface area contributed by atoms with Gasteiger partial charge in [-0.2, -0.15) is 0 Å². The van der Waals surface area contributed by atoms with E-state index in [1.807, 2.05) is 0 Å². The Morgan fingerprint density at radius 2 is 1.58 bits per heavy atom. The van der Waals surface area contributed by atoms with Gasteiger partial charge in [0.1, 0.15) is 0 Å². The Labute approximate surface area is 117 Å². The van der Waals surface area contributed by atoms with Crippen molar-refractivity contribution in [2.75, 3.05) is 26.4 Å². The number of nitrogens with zero attached hydrogens (tertiary/aromatic N) is 1. The molecule has 2 atom stereocenters. The molecule has 1 aromatic carbocycles. The van der Waals surface area contributed by atoms with Gasteiger partial charge in [0.25, 0.3) is 0 Å². The molecule has 19 heavy (non-hydrogen) atoms. The SMILES string of the molecule is CN(C)C[C@H]1C2CCC(CC2)[C@@H]1c1ccc(N)cc1. The van der Waals surface area contributed by atoms with Crippen molar-refractivity contribution in [2.45, 2.75) is 31.6 Å². The van der Waals surface area contributed by atoms with Crippen LogP contribution in [0.3, 0.4) is 0 Å². The Morgan fingerprint density at radius 3 is 2.16 bits per heavy atom. The number of hydrogen-bond donors (Lipinski definition) is 1. The maximum atomic E-state index is 5.84. The summed E-state index contributed by atoms with van der Waals surface area (Å²) < 4.78 is 0. The molecule has 0 aromatic heterocycles. The fraction of sp³-hybridized carbons (Fsp3) is 0.647. The maximum Gasteiger partial charge on any atom is 0.0314 e. The van der Waals surface area contributed by atoms with Crippen LogP contribution in [-0.4, -0.2) is 25.5 Å². The first-order valence-corrected chi connectivity index (χ1v) is 7.65. The minimum absolute atomic E-state index is 0.760. The van der Waals surface area contributed by atoms with Crippen molar-refractivity contribution in [3.63, 3.8) is 0 Å². The minimum atomic E-state index is 0.760. The molecule has 2 nitrogen and oxygen atoms in total. The number of benzene rings is 1. The molecule has 3 fully saturated rings. The highest BCUT2D eigenvalue weighted by Gasteiger charge is 2.43. The van der Waals surface area contributed by atoms with Gasteiger partial charge < -0.3 is 10.6 Å². The predicted molar refractivity (Wildman–Crippen MR) is 81.1 cm³/mol. The van der Waals surface area contributed by atoms with Crippen molar-refractivity contribution in [2.24, 2.45) is 17.8 Å². The van der Waals surface area contributed by atoms with Crippen LogP contribution < -0.4 is 5.73 Å². The van der Waals surface area contributed by atoms with Crippen LogP contribution in [0.5, 0.6) is 0 Å². The van der Waals surface area contributed by atoms with E-state index in [2.05, 4.69) is 43.3 Å². The summed E-state index contributed by atoms with van der Waals surface area (Å²) in [5.74, 6) is 3.44. The topological polar surface area (TPSA) is 29.3 Å². The molecule has 2 bridgehead atoms. The van der Waals surface area contributed by atoms with Crippen LogP contribution in [0.4, 0.5) is 5.69 Å². The monoisotopic (exact) mass is 258 g/mol. The first-order valence-electron chi connectivity index (χ1n) is 7.65. The second kappa shape index (κ2) is 5.16. The Balaban J connectivity index is 1.89. The number of anilines is 1. The number of hydrogen-bond acceptors (Lipinski definition) is 2. The molecule has 1 aromatic rings. The zero-order valence-electron chi connectivity index (χ0n) is 12.2. The zero-order valence-corrected chi connectivity index (χ0v) is 12.2. The smallest absolute Gasteiger partial charge is 0.0314 e. The van der Waals surface area contributed by atoms with Gasteiger partial charge in [-0.3, -0.25) is 0 Å². The van der Waals surface area contributed by atoms with Crippen molar-refractivity contribution in [3.05, 3.63) is 29.8 Å². The first kappa shape index (κ1) is 13.0. The van der Waals surface area contributed by atoms with Crippen LogP contribution >= 0.6 is 0 Å². The van der Waals surface area contributed by atoms with Gasteiger partial charge in [-0.25, -0.2) is 0 Å². The molecule has 104 valence electrons. The van der Waals surface area contributed by atoms with Crippen LogP contribution in [0.1, 0.15) is 37.2 Å². The number of rotatable bonds is 3. The predicted octanol–water partition coefficient (Wildman–Crippen LogP) is 3.35. The molecule has 0 heterocycles. The Morgan fingerprint density at radius 1 is 1.00 bits per heavy atom. The number of nitrogen functional groups attached to an aromatic ring is 1. The lowest BCUT2D eigenvalue weighted by molar-refractivity contribution is 0.0507. The van der Waals surface area contributed by atoms with E-state index in [0.717, 1.165) is 29.4 Å². The summed E-state index contributed by atoms with van der Waals surface area (Å²) in [6.45, 7) is 1.23. The summed E-state index contributed by atoms with van der Waals surface area (Å²) >= 11 is 0. The highest BCUT2D eigenvalue weighted by Crippen LogP contribution is 2.53. The highest BCUT2D eigenvalue weighted by molar-refractivity contribution is 5.41. The standard InChI is InChI=1S/C17H26N2/c1-19(2)11-16-12-3-5-13(6-4-12)17(16)14-7-9-15(18)10-8-14/h7-10,12-13,16-17H,3-6,11,18H2,1-2H3/t12?,13?,16-,17+/m0/s1. The quantitative estimate of drug-likeness (QED) is 0.842. The molecule has 2 N–H and O–H groups in total. The number of nitrogens with two attached hydrogens (primary N) is 1. The largest absolute Gasteiger partial charge is 0.399 e. The van der Waals surface area contributed by atoms with Gasteiger partial charge in [0.15, 0.2) is 0 Å². The fourth-order valence-electron chi connectivity index (χ4n) is 4.50. The van der Waals surface area contributed by atoms with Gasteiger partial charge in [-0.15, -0.1) is 0 Å². The average molecular weight is 258 g/mol. The normalized spacial score (nSPS) is 33.8. The Kier molecular flexibility index (Phi) is 3.53. The summed E-state index contributed by atoms with van der Waals surface area (Å²) in [6, 6.07) is 8.68. The summed E-state index contributed by atoms with van der Waals surface area (Å²) in [6.07, 6.45) is 5.77. The average Bonchev–Trinajstić information content (AvgIpc) is 2.41. The van der Waals surface area contributed by atoms with Crippen molar-refractivity contribution >= 4 is 5.69 Å². The van der Waals surface area contributed by atoms with E-state index in [9.17, 15) is 0 Å². The minimum Gasteiger partial charge on any atom is -0.399 e. The molecule has 2 heteroatoms. The van der Waals surface area contributed by atoms with Crippen molar-refractivity contribution in [1.82, 2.24) is 4.90 Å². The third-order valence-corrected chi connectivity index (χ3v) is 5.29. The Bertz CT molecular complexity index is 415. The zero-order chi connectivity index (χ0) is 13.4. The summed E-state index contributed by atoms with van der Waals surface area (Å²) in [4.78, 5) is 2.37. The van der Waals surface area contributed by atoms with E-state index in [1.165, 1.54) is 37.8 Å². The third-order valence-electron chi connectivity index (χ3n) is 5.29. The molecule has 3 saturated carbocycles. The van der Waals surface area contributed by atoms with Crippen LogP contribution in [0.15, 0.2) is 24.3 Å². The molecule has 0 spiro atoms. The second-order valence-electron chi connectivity index (χ2n) is 6.79. The van der Waals surface area contributed by atoms with Crippen LogP contribution in [0.2, 0.25) is 0 Å². The van der Waals surface area contributed by atoms with Gasteiger partial charge in [0.05, 0.1) is 0 Å². The number of fused-ring (bicyclic) bond motifs is 3.